The molecule has 4 rings (SSSR count). The van der Waals surface area contributed by atoms with Crippen LogP contribution in [-0.2, 0) is 4.89 Å². The molecule has 4 fully saturated rings. The fourth-order valence-corrected chi connectivity index (χ4v) is 5.04. The second-order valence-electron chi connectivity index (χ2n) is 7.38. The molecule has 4 aliphatic rings. The van der Waals surface area contributed by atoms with Crippen molar-refractivity contribution in [1.82, 2.24) is 0 Å². The van der Waals surface area contributed by atoms with E-state index in [2.05, 4.69) is 24.8 Å². The van der Waals surface area contributed by atoms with E-state index in [0.29, 0.717) is 10.8 Å². The summed E-state index contributed by atoms with van der Waals surface area (Å²) in [6.45, 7) is 8.72. The summed E-state index contributed by atoms with van der Waals surface area (Å²) in [7, 11) is 0. The van der Waals surface area contributed by atoms with Crippen molar-refractivity contribution in [2.75, 3.05) is 0 Å². The van der Waals surface area contributed by atoms with E-state index in [1.165, 1.54) is 12.8 Å². The number of hydrogen-bond donors (Lipinski definition) is 1. The van der Waals surface area contributed by atoms with Gasteiger partial charge in [-0.2, -0.15) is 0 Å². The summed E-state index contributed by atoms with van der Waals surface area (Å²) in [6.07, 6.45) is 8.27. The minimum atomic E-state index is -0.554. The monoisotopic (exact) mass is 236 g/mol. The van der Waals surface area contributed by atoms with Crippen molar-refractivity contribution < 1.29 is 10.1 Å². The third-order valence-electron chi connectivity index (χ3n) is 6.42. The lowest BCUT2D eigenvalue weighted by molar-refractivity contribution is -0.297. The molecular weight excluding hydrogens is 212 g/mol. The van der Waals surface area contributed by atoms with Crippen LogP contribution in [0.1, 0.15) is 47.0 Å². The molecule has 4 bridgehead atoms. The first-order chi connectivity index (χ1) is 7.85. The van der Waals surface area contributed by atoms with E-state index in [-0.39, 0.29) is 0 Å². The Labute approximate surface area is 104 Å². The van der Waals surface area contributed by atoms with Crippen molar-refractivity contribution in [3.8, 4) is 0 Å². The van der Waals surface area contributed by atoms with Gasteiger partial charge < -0.3 is 0 Å². The number of rotatable bonds is 4. The number of allylic oxidation sites excluding steroid dienone is 1. The van der Waals surface area contributed by atoms with Gasteiger partial charge in [0.1, 0.15) is 5.60 Å². The van der Waals surface area contributed by atoms with Gasteiger partial charge in [-0.3, -0.25) is 5.26 Å². The van der Waals surface area contributed by atoms with Crippen molar-refractivity contribution in [2.24, 2.45) is 28.6 Å². The molecule has 0 heterocycles. The van der Waals surface area contributed by atoms with Crippen LogP contribution in [0, 0.1) is 28.6 Å². The van der Waals surface area contributed by atoms with Crippen molar-refractivity contribution in [1.29, 1.82) is 0 Å². The highest BCUT2D eigenvalue weighted by Gasteiger charge is 2.80. The average Bonchev–Trinajstić information content (AvgIpc) is 2.63. The third-order valence-corrected chi connectivity index (χ3v) is 6.42. The Balaban J connectivity index is 1.71. The average molecular weight is 236 g/mol. The first-order valence-corrected chi connectivity index (χ1v) is 6.85. The van der Waals surface area contributed by atoms with Crippen LogP contribution in [0.15, 0.2) is 12.2 Å². The first kappa shape index (κ1) is 11.7. The Hall–Kier alpha value is -0.340. The highest BCUT2D eigenvalue weighted by atomic mass is 17.1. The second kappa shape index (κ2) is 3.16. The molecule has 17 heavy (non-hydrogen) atoms. The van der Waals surface area contributed by atoms with Gasteiger partial charge in [-0.15, -0.1) is 0 Å². The van der Waals surface area contributed by atoms with Crippen LogP contribution in [0.4, 0.5) is 0 Å². The van der Waals surface area contributed by atoms with Crippen LogP contribution in [-0.4, -0.2) is 10.9 Å². The molecule has 0 saturated heterocycles. The zero-order valence-electron chi connectivity index (χ0n) is 11.4. The molecule has 0 spiro atoms. The van der Waals surface area contributed by atoms with Gasteiger partial charge >= 0.3 is 0 Å². The largest absolute Gasteiger partial charge is 0.251 e. The maximum Gasteiger partial charge on any atom is 0.116 e. The summed E-state index contributed by atoms with van der Waals surface area (Å²) in [5, 5.41) is 8.77. The van der Waals surface area contributed by atoms with Gasteiger partial charge in [0.25, 0.3) is 0 Å². The molecule has 0 aromatic heterocycles. The van der Waals surface area contributed by atoms with Gasteiger partial charge in [0.15, 0.2) is 0 Å². The molecule has 1 N–H and O–H groups in total. The van der Waals surface area contributed by atoms with Gasteiger partial charge in [-0.25, -0.2) is 4.89 Å². The highest BCUT2D eigenvalue weighted by molar-refractivity contribution is 5.29. The van der Waals surface area contributed by atoms with Crippen molar-refractivity contribution in [3.05, 3.63) is 12.2 Å². The zero-order chi connectivity index (χ0) is 12.5. The highest BCUT2D eigenvalue weighted by Crippen LogP contribution is 2.86. The minimum Gasteiger partial charge on any atom is -0.251 e. The molecule has 5 atom stereocenters. The molecule has 4 saturated carbocycles. The maximum absolute atomic E-state index is 8.77. The molecule has 2 unspecified atom stereocenters. The van der Waals surface area contributed by atoms with Crippen molar-refractivity contribution >= 4 is 0 Å². The van der Waals surface area contributed by atoms with Crippen LogP contribution >= 0.6 is 0 Å². The Kier molecular flexibility index (Phi) is 2.18. The molecule has 0 radical (unpaired) electrons. The standard InChI is InChI=1S/C15H24O2/c1-13(2,17-16)6-5-7-14(3)10-8-11-12(9-10)15(11,14)4/h5-6,10-12,16H,7-9H2,1-4H3/b6-5+/t10?,11-,12+,14-,15?/m1/s1. The Morgan fingerprint density at radius 1 is 1.29 bits per heavy atom. The van der Waals surface area contributed by atoms with Crippen LogP contribution in [0.25, 0.3) is 0 Å². The summed E-state index contributed by atoms with van der Waals surface area (Å²) >= 11 is 0. The van der Waals surface area contributed by atoms with Crippen LogP contribution in [0.2, 0.25) is 0 Å². The predicted molar refractivity (Wildman–Crippen MR) is 67.5 cm³/mol. The molecule has 0 amide bonds. The molecule has 4 aliphatic carbocycles. The third kappa shape index (κ3) is 1.29. The lowest BCUT2D eigenvalue weighted by Crippen LogP contribution is -2.27. The van der Waals surface area contributed by atoms with E-state index in [9.17, 15) is 0 Å². The van der Waals surface area contributed by atoms with Gasteiger partial charge in [-0.05, 0) is 61.7 Å². The predicted octanol–water partition coefficient (Wildman–Crippen LogP) is 3.88. The fourth-order valence-electron chi connectivity index (χ4n) is 5.04. The SMILES string of the molecule is CC(C)(/C=C/C[C@]1(C)C2C[C@@H]3[C@H](C2)C31C)OO. The maximum atomic E-state index is 8.77. The summed E-state index contributed by atoms with van der Waals surface area (Å²) in [4.78, 5) is 4.45. The zero-order valence-corrected chi connectivity index (χ0v) is 11.4. The van der Waals surface area contributed by atoms with E-state index in [0.717, 1.165) is 24.2 Å². The molecule has 0 aliphatic heterocycles. The smallest absolute Gasteiger partial charge is 0.116 e. The van der Waals surface area contributed by atoms with Gasteiger partial charge in [-0.1, -0.05) is 26.0 Å². The van der Waals surface area contributed by atoms with E-state index >= 15 is 0 Å². The van der Waals surface area contributed by atoms with Gasteiger partial charge in [0, 0.05) is 0 Å². The quantitative estimate of drug-likeness (QED) is 0.456. The molecule has 0 aromatic carbocycles. The minimum absolute atomic E-state index is 0.490. The lowest BCUT2D eigenvalue weighted by Gasteiger charge is -2.33. The molecular formula is C15H24O2. The van der Waals surface area contributed by atoms with Crippen LogP contribution in [0.3, 0.4) is 0 Å². The van der Waals surface area contributed by atoms with E-state index < -0.39 is 5.60 Å². The molecule has 0 aromatic rings. The first-order valence-electron chi connectivity index (χ1n) is 6.85. The Morgan fingerprint density at radius 2 is 1.88 bits per heavy atom. The van der Waals surface area contributed by atoms with Crippen molar-refractivity contribution in [3.63, 3.8) is 0 Å². The summed E-state index contributed by atoms with van der Waals surface area (Å²) < 4.78 is 0. The normalized spacial score (nSPS) is 51.5. The molecule has 96 valence electrons. The Bertz CT molecular complexity index is 359. The van der Waals surface area contributed by atoms with Crippen LogP contribution in [0.5, 0.6) is 0 Å². The summed E-state index contributed by atoms with van der Waals surface area (Å²) in [5.41, 5.74) is 0.554. The molecule has 2 heteroatoms. The summed E-state index contributed by atoms with van der Waals surface area (Å²) in [6, 6.07) is 0. The van der Waals surface area contributed by atoms with Gasteiger partial charge in [0.05, 0.1) is 0 Å². The van der Waals surface area contributed by atoms with E-state index in [1.807, 2.05) is 19.9 Å². The Morgan fingerprint density at radius 3 is 2.29 bits per heavy atom. The second-order valence-corrected chi connectivity index (χ2v) is 7.38. The molecule has 2 nitrogen and oxygen atoms in total. The fraction of sp³-hybridized carbons (Fsp3) is 0.867. The number of hydrogen-bond acceptors (Lipinski definition) is 2. The summed E-state index contributed by atoms with van der Waals surface area (Å²) in [5.74, 6) is 2.98. The van der Waals surface area contributed by atoms with E-state index in [4.69, 9.17) is 5.26 Å². The van der Waals surface area contributed by atoms with E-state index in [1.54, 1.807) is 0 Å². The lowest BCUT2D eigenvalue weighted by atomic mass is 9.71. The van der Waals surface area contributed by atoms with Gasteiger partial charge in [0.2, 0.25) is 0 Å². The topological polar surface area (TPSA) is 29.5 Å². The van der Waals surface area contributed by atoms with Crippen LogP contribution < -0.4 is 0 Å². The van der Waals surface area contributed by atoms with Crippen molar-refractivity contribution in [2.45, 2.75) is 52.6 Å².